The van der Waals surface area contributed by atoms with E-state index in [1.165, 1.54) is 11.8 Å². The van der Waals surface area contributed by atoms with Gasteiger partial charge in [-0.1, -0.05) is 35.5 Å². The highest BCUT2D eigenvalue weighted by Crippen LogP contribution is 2.19. The molecule has 0 bridgehead atoms. The molecule has 3 rings (SSSR count). The van der Waals surface area contributed by atoms with E-state index in [2.05, 4.69) is 15.6 Å². The van der Waals surface area contributed by atoms with Gasteiger partial charge in [-0.05, 0) is 48.9 Å². The van der Waals surface area contributed by atoms with Crippen LogP contribution >= 0.6 is 23.4 Å². The predicted molar refractivity (Wildman–Crippen MR) is 116 cm³/mol. The summed E-state index contributed by atoms with van der Waals surface area (Å²) in [4.78, 5) is 28.7. The first-order valence-electron chi connectivity index (χ1n) is 8.99. The van der Waals surface area contributed by atoms with Gasteiger partial charge in [0.2, 0.25) is 5.91 Å². The van der Waals surface area contributed by atoms with Gasteiger partial charge >= 0.3 is 0 Å². The minimum absolute atomic E-state index is 0.134. The molecule has 8 heteroatoms. The summed E-state index contributed by atoms with van der Waals surface area (Å²) in [5.74, 6) is -0.0741. The maximum Gasteiger partial charge on any atom is 0.251 e. The van der Waals surface area contributed by atoms with Crippen LogP contribution in [0, 0.1) is 0 Å². The van der Waals surface area contributed by atoms with E-state index in [9.17, 15) is 9.59 Å². The average Bonchev–Trinajstić information content (AvgIpc) is 3.11. The van der Waals surface area contributed by atoms with E-state index < -0.39 is 0 Å². The molecule has 6 nitrogen and oxygen atoms in total. The molecule has 1 heterocycles. The fourth-order valence-corrected chi connectivity index (χ4v) is 3.59. The second-order valence-electron chi connectivity index (χ2n) is 6.49. The number of aryl methyl sites for hydroxylation is 1. The number of amides is 2. The molecular weight excluding hydrogens is 408 g/mol. The fourth-order valence-electron chi connectivity index (χ4n) is 2.66. The Morgan fingerprint density at radius 2 is 1.97 bits per heavy atom. The van der Waals surface area contributed by atoms with Gasteiger partial charge in [0, 0.05) is 35.7 Å². The summed E-state index contributed by atoms with van der Waals surface area (Å²) in [6.45, 7) is 1.90. The molecule has 2 aromatic carbocycles. The number of rotatable bonds is 7. The molecule has 1 atom stereocenters. The van der Waals surface area contributed by atoms with Crippen LogP contribution in [-0.2, 0) is 11.8 Å². The average molecular weight is 429 g/mol. The van der Waals surface area contributed by atoms with Crippen molar-refractivity contribution in [3.05, 3.63) is 77.1 Å². The summed E-state index contributed by atoms with van der Waals surface area (Å²) in [5.41, 5.74) is 2.08. The van der Waals surface area contributed by atoms with Crippen molar-refractivity contribution in [2.24, 2.45) is 7.05 Å². The van der Waals surface area contributed by atoms with Gasteiger partial charge in [-0.15, -0.1) is 0 Å². The molecule has 0 aliphatic carbocycles. The SMILES string of the molecule is CC(NC(=O)c1ccc(NC(=O)CSc2nccn2C)cc1)c1cccc(Cl)c1. The summed E-state index contributed by atoms with van der Waals surface area (Å²) >= 11 is 7.37. The molecule has 0 radical (unpaired) electrons. The van der Waals surface area contributed by atoms with Crippen LogP contribution in [0.2, 0.25) is 5.02 Å². The lowest BCUT2D eigenvalue weighted by Crippen LogP contribution is -2.26. The Kier molecular flexibility index (Phi) is 6.95. The number of imidazole rings is 1. The highest BCUT2D eigenvalue weighted by Gasteiger charge is 2.12. The van der Waals surface area contributed by atoms with Crippen LogP contribution in [0.3, 0.4) is 0 Å². The normalized spacial score (nSPS) is 11.7. The smallest absolute Gasteiger partial charge is 0.251 e. The lowest BCUT2D eigenvalue weighted by Gasteiger charge is -2.15. The first-order chi connectivity index (χ1) is 13.9. The van der Waals surface area contributed by atoms with Crippen molar-refractivity contribution >= 4 is 40.9 Å². The van der Waals surface area contributed by atoms with Crippen LogP contribution in [0.4, 0.5) is 5.69 Å². The zero-order chi connectivity index (χ0) is 20.8. The van der Waals surface area contributed by atoms with Crippen LogP contribution in [0.1, 0.15) is 28.9 Å². The minimum atomic E-state index is -0.194. The summed E-state index contributed by atoms with van der Waals surface area (Å²) < 4.78 is 1.86. The van der Waals surface area contributed by atoms with Crippen molar-refractivity contribution in [1.29, 1.82) is 0 Å². The molecule has 1 unspecified atom stereocenters. The molecule has 0 aliphatic heterocycles. The second-order valence-corrected chi connectivity index (χ2v) is 7.86. The molecule has 0 fully saturated rings. The third-order valence-corrected chi connectivity index (χ3v) is 5.53. The van der Waals surface area contributed by atoms with Gasteiger partial charge in [-0.2, -0.15) is 0 Å². The van der Waals surface area contributed by atoms with E-state index in [1.807, 2.05) is 42.9 Å². The number of thioether (sulfide) groups is 1. The Balaban J connectivity index is 1.53. The topological polar surface area (TPSA) is 76.0 Å². The van der Waals surface area contributed by atoms with E-state index in [1.54, 1.807) is 36.5 Å². The van der Waals surface area contributed by atoms with Gasteiger partial charge in [0.05, 0.1) is 11.8 Å². The van der Waals surface area contributed by atoms with E-state index >= 15 is 0 Å². The Bertz CT molecular complexity index is 1000. The lowest BCUT2D eigenvalue weighted by molar-refractivity contribution is -0.113. The van der Waals surface area contributed by atoms with Crippen molar-refractivity contribution in [3.8, 4) is 0 Å². The van der Waals surface area contributed by atoms with Crippen LogP contribution in [-0.4, -0.2) is 27.1 Å². The standard InChI is InChI=1S/C21H21ClN4O2S/c1-14(16-4-3-5-17(22)12-16)24-20(28)15-6-8-18(9-7-15)25-19(27)13-29-21-23-10-11-26(21)2/h3-12,14H,13H2,1-2H3,(H,24,28)(H,25,27). The number of hydrogen-bond acceptors (Lipinski definition) is 4. The van der Waals surface area contributed by atoms with Gasteiger partial charge < -0.3 is 15.2 Å². The van der Waals surface area contributed by atoms with E-state index in [0.717, 1.165) is 10.7 Å². The van der Waals surface area contributed by atoms with Crippen LogP contribution < -0.4 is 10.6 Å². The number of nitrogens with one attached hydrogen (secondary N) is 2. The first-order valence-corrected chi connectivity index (χ1v) is 10.3. The van der Waals surface area contributed by atoms with E-state index in [0.29, 0.717) is 16.3 Å². The fraction of sp³-hybridized carbons (Fsp3) is 0.190. The Morgan fingerprint density at radius 1 is 1.21 bits per heavy atom. The molecule has 1 aromatic heterocycles. The quantitative estimate of drug-likeness (QED) is 0.550. The number of carbonyl (C=O) groups excluding carboxylic acids is 2. The Labute approximate surface area is 178 Å². The van der Waals surface area contributed by atoms with Gasteiger partial charge in [0.1, 0.15) is 0 Å². The lowest BCUT2D eigenvalue weighted by atomic mass is 10.1. The van der Waals surface area contributed by atoms with Crippen molar-refractivity contribution in [3.63, 3.8) is 0 Å². The van der Waals surface area contributed by atoms with E-state index in [-0.39, 0.29) is 23.6 Å². The molecule has 0 spiro atoms. The largest absolute Gasteiger partial charge is 0.346 e. The molecule has 3 aromatic rings. The second kappa shape index (κ2) is 9.62. The highest BCUT2D eigenvalue weighted by atomic mass is 35.5. The molecule has 0 aliphatic rings. The monoisotopic (exact) mass is 428 g/mol. The number of aromatic nitrogens is 2. The number of carbonyl (C=O) groups is 2. The van der Waals surface area contributed by atoms with Crippen molar-refractivity contribution in [1.82, 2.24) is 14.9 Å². The van der Waals surface area contributed by atoms with Gasteiger partial charge in [0.15, 0.2) is 5.16 Å². The molecule has 0 saturated heterocycles. The van der Waals surface area contributed by atoms with Crippen molar-refractivity contribution in [2.45, 2.75) is 18.1 Å². The third kappa shape index (κ3) is 5.85. The zero-order valence-electron chi connectivity index (χ0n) is 16.1. The van der Waals surface area contributed by atoms with Gasteiger partial charge in [-0.3, -0.25) is 9.59 Å². The number of benzene rings is 2. The molecule has 2 N–H and O–H groups in total. The number of nitrogens with zero attached hydrogens (tertiary/aromatic N) is 2. The maximum absolute atomic E-state index is 12.5. The third-order valence-electron chi connectivity index (χ3n) is 4.24. The molecule has 29 heavy (non-hydrogen) atoms. The zero-order valence-corrected chi connectivity index (χ0v) is 17.6. The summed E-state index contributed by atoms with van der Waals surface area (Å²) in [6, 6.07) is 14.0. The molecule has 0 saturated carbocycles. The summed E-state index contributed by atoms with van der Waals surface area (Å²) in [7, 11) is 1.88. The van der Waals surface area contributed by atoms with Crippen molar-refractivity contribution < 1.29 is 9.59 Å². The van der Waals surface area contributed by atoms with Crippen LogP contribution in [0.5, 0.6) is 0 Å². The minimum Gasteiger partial charge on any atom is -0.346 e. The molecule has 150 valence electrons. The Morgan fingerprint density at radius 3 is 2.62 bits per heavy atom. The molecule has 2 amide bonds. The number of anilines is 1. The maximum atomic E-state index is 12.5. The number of hydrogen-bond donors (Lipinski definition) is 2. The first kappa shape index (κ1) is 21.0. The Hall–Kier alpha value is -2.77. The van der Waals surface area contributed by atoms with Gasteiger partial charge in [0.25, 0.3) is 5.91 Å². The highest BCUT2D eigenvalue weighted by molar-refractivity contribution is 7.99. The van der Waals surface area contributed by atoms with Crippen molar-refractivity contribution in [2.75, 3.05) is 11.1 Å². The van der Waals surface area contributed by atoms with Crippen LogP contribution in [0.15, 0.2) is 66.1 Å². The summed E-state index contributed by atoms with van der Waals surface area (Å²) in [6.07, 6.45) is 3.52. The number of halogens is 1. The molecular formula is C21H21ClN4O2S. The van der Waals surface area contributed by atoms with Crippen LogP contribution in [0.25, 0.3) is 0 Å². The summed E-state index contributed by atoms with van der Waals surface area (Å²) in [5, 5.41) is 7.17. The van der Waals surface area contributed by atoms with Gasteiger partial charge in [-0.25, -0.2) is 4.98 Å². The van der Waals surface area contributed by atoms with E-state index in [4.69, 9.17) is 11.6 Å². The predicted octanol–water partition coefficient (Wildman–Crippen LogP) is 4.30.